The number of nitrogens with two attached hydrogens (primary N) is 4. The van der Waals surface area contributed by atoms with E-state index in [0.717, 1.165) is 16.5 Å². The maximum absolute atomic E-state index is 15.1. The highest BCUT2D eigenvalue weighted by atomic mass is 32.2. The number of aromatic nitrogens is 4. The van der Waals surface area contributed by atoms with Crippen LogP contribution in [0, 0.1) is 17.8 Å². The Morgan fingerprint density at radius 1 is 0.486 bits per heavy atom. The number of primary amides is 2. The SMILES string of the molecule is CC[C@H](C)[C@H](NC(=O)[C@@H]1CCCN1C(=O)[C@H](CCC(N)=O)NC(=O)CNC(=O)[C@@H]1CCCN1C(=O)[C@H](CCCCN)NC(=O)[C@H](CC(C)C)NC(=O)[C@H](CCC(N)=O)NC(=O)[C@H](CC(C)C)NC(=O)[C@H](Cc1c[nH]c2ccccc12)NC(=O)[C@H](Cc1c[nH]cn1)NC(=O)[C@@H](N)Cc1c[nH]c2ccccc12)C(=O)N[C@@H](Cc1ccc(O)cc1)C(=O)NC(CCO)C(=O)NCCNc1cccc2c(S(=O)(=O)O)cccc12. The number of likely N-dealkylation sites (tertiary alicyclic amines) is 2. The second-order valence-electron chi connectivity index (χ2n) is 37.4. The van der Waals surface area contributed by atoms with Gasteiger partial charge in [0.15, 0.2) is 0 Å². The Morgan fingerprint density at radius 3 is 1.53 bits per heavy atom. The van der Waals surface area contributed by atoms with Crippen LogP contribution in [0.25, 0.3) is 32.6 Å². The summed E-state index contributed by atoms with van der Waals surface area (Å²) in [5.41, 5.74) is 27.9. The van der Waals surface area contributed by atoms with Crippen molar-refractivity contribution in [2.75, 3.05) is 51.2 Å². The summed E-state index contributed by atoms with van der Waals surface area (Å²) in [5.74, 6) is -14.7. The van der Waals surface area contributed by atoms with E-state index in [-0.39, 0.29) is 157 Å². The Bertz CT molecular complexity index is 5960. The number of anilines is 1. The van der Waals surface area contributed by atoms with Crippen LogP contribution in [0.15, 0.2) is 139 Å². The smallest absolute Gasteiger partial charge is 0.295 e. The van der Waals surface area contributed by atoms with Gasteiger partial charge in [0.1, 0.15) is 83.1 Å². The Morgan fingerprint density at radius 2 is 0.972 bits per heavy atom. The van der Waals surface area contributed by atoms with Crippen LogP contribution in [0.2, 0.25) is 0 Å². The van der Waals surface area contributed by atoms with E-state index in [0.29, 0.717) is 45.2 Å². The van der Waals surface area contributed by atoms with Crippen molar-refractivity contribution in [3.63, 3.8) is 0 Å². The van der Waals surface area contributed by atoms with Gasteiger partial charge in [-0.05, 0) is 161 Å². The second kappa shape index (κ2) is 53.6. The van der Waals surface area contributed by atoms with Gasteiger partial charge in [-0.15, -0.1) is 0 Å². The van der Waals surface area contributed by atoms with E-state index in [4.69, 9.17) is 22.9 Å². The molecule has 144 heavy (non-hydrogen) atoms. The number of nitrogens with zero attached hydrogens (tertiary/aromatic N) is 3. The number of imidazole rings is 1. The number of hydrogen-bond donors (Lipinski definition) is 23. The summed E-state index contributed by atoms with van der Waals surface area (Å²) in [6.45, 7) is 9.31. The molecule has 16 amide bonds. The first-order chi connectivity index (χ1) is 68.7. The van der Waals surface area contributed by atoms with Gasteiger partial charge in [-0.2, -0.15) is 8.42 Å². The number of H-pyrrole nitrogens is 3. The predicted octanol–water partition coefficient (Wildman–Crippen LogP) is 0.431. The zero-order valence-corrected chi connectivity index (χ0v) is 82.4. The van der Waals surface area contributed by atoms with Crippen LogP contribution in [-0.2, 0) is 113 Å². The lowest BCUT2D eigenvalue weighted by atomic mass is 9.96. The quantitative estimate of drug-likeness (QED) is 0.0182. The highest BCUT2D eigenvalue weighted by Crippen LogP contribution is 2.31. The fourth-order valence-corrected chi connectivity index (χ4v) is 18.4. The van der Waals surface area contributed by atoms with Gasteiger partial charge in [-0.3, -0.25) is 81.3 Å². The van der Waals surface area contributed by atoms with Crippen molar-refractivity contribution < 1.29 is 99.9 Å². The molecule has 2 fully saturated rings. The molecule has 5 aromatic carbocycles. The number of phenolic OH excluding ortho intramolecular Hbond substituents is 1. The molecule has 3 aromatic heterocycles. The third-order valence-corrected chi connectivity index (χ3v) is 26.4. The normalized spacial score (nSPS) is 16.2. The van der Waals surface area contributed by atoms with Gasteiger partial charge in [0.05, 0.1) is 24.6 Å². The molecule has 0 spiro atoms. The van der Waals surface area contributed by atoms with Crippen LogP contribution in [-0.4, -0.2) is 272 Å². The maximum Gasteiger partial charge on any atom is 0.295 e. The number of amides is 16. The zero-order chi connectivity index (χ0) is 105. The van der Waals surface area contributed by atoms with Gasteiger partial charge < -0.3 is 127 Å². The average Bonchev–Trinajstić information content (AvgIpc) is 1.01. The van der Waals surface area contributed by atoms with E-state index in [9.17, 15) is 90.3 Å². The summed E-state index contributed by atoms with van der Waals surface area (Å²) >= 11 is 0. The summed E-state index contributed by atoms with van der Waals surface area (Å²) < 4.78 is 34.1. The maximum atomic E-state index is 15.1. The first-order valence-electron chi connectivity index (χ1n) is 48.6. The molecule has 2 aliphatic heterocycles. The summed E-state index contributed by atoms with van der Waals surface area (Å²) in [5, 5.41) is 58.2. The number of rotatable bonds is 56. The number of nitrogens with one attached hydrogen (secondary N) is 16. The number of hydrogen-bond acceptors (Lipinski definition) is 24. The minimum atomic E-state index is -4.57. The van der Waals surface area contributed by atoms with E-state index in [1.165, 1.54) is 58.6 Å². The van der Waals surface area contributed by atoms with Crippen molar-refractivity contribution in [3.8, 4) is 5.75 Å². The van der Waals surface area contributed by atoms with Gasteiger partial charge in [-0.25, -0.2) is 4.98 Å². The molecule has 778 valence electrons. The summed E-state index contributed by atoms with van der Waals surface area (Å²) in [6.07, 6.45) is 5.52. The van der Waals surface area contributed by atoms with Crippen LogP contribution >= 0.6 is 0 Å². The van der Waals surface area contributed by atoms with E-state index in [2.05, 4.69) is 89.1 Å². The van der Waals surface area contributed by atoms with Crippen LogP contribution in [0.3, 0.4) is 0 Å². The highest BCUT2D eigenvalue weighted by Gasteiger charge is 2.44. The average molecular weight is 2020 g/mol. The Balaban J connectivity index is 0.771. The monoisotopic (exact) mass is 2010 g/mol. The van der Waals surface area contributed by atoms with Crippen LogP contribution in [0.4, 0.5) is 5.69 Å². The first kappa shape index (κ1) is 112. The topological polar surface area (TPSA) is 695 Å². The number of aromatic amines is 3. The third-order valence-electron chi connectivity index (χ3n) is 25.5. The number of carbonyl (C=O) groups is 16. The molecule has 27 N–H and O–H groups in total. The Labute approximate surface area is 833 Å². The van der Waals surface area contributed by atoms with Gasteiger partial charge in [0.2, 0.25) is 94.5 Å². The molecule has 45 heteroatoms. The summed E-state index contributed by atoms with van der Waals surface area (Å²) in [7, 11) is -4.57. The fraction of sp³-hybridized carbons (Fsp3) is 0.485. The lowest BCUT2D eigenvalue weighted by Gasteiger charge is -2.32. The number of phenols is 1. The number of unbranched alkanes of at least 4 members (excludes halogenated alkanes) is 1. The minimum absolute atomic E-state index is 0.00485. The molecule has 8 aromatic rings. The highest BCUT2D eigenvalue weighted by molar-refractivity contribution is 7.86. The Hall–Kier alpha value is -14.4. The molecule has 2 saturated heterocycles. The van der Waals surface area contributed by atoms with Gasteiger partial charge in [-0.1, -0.05) is 121 Å². The van der Waals surface area contributed by atoms with E-state index in [1.54, 1.807) is 84.4 Å². The second-order valence-corrected chi connectivity index (χ2v) is 38.8. The molecule has 10 rings (SSSR count). The number of aliphatic hydroxyl groups is 1. The molecule has 1 unspecified atom stereocenters. The summed E-state index contributed by atoms with van der Waals surface area (Å²) in [6, 6.07) is 11.5. The number of aliphatic hydroxyl groups excluding tert-OH is 1. The van der Waals surface area contributed by atoms with Crippen molar-refractivity contribution in [1.82, 2.24) is 93.5 Å². The van der Waals surface area contributed by atoms with E-state index >= 15 is 9.59 Å². The molecular formula is C99H135N23O21S. The van der Waals surface area contributed by atoms with Gasteiger partial charge >= 0.3 is 0 Å². The van der Waals surface area contributed by atoms with Crippen molar-refractivity contribution in [1.29, 1.82) is 0 Å². The van der Waals surface area contributed by atoms with Crippen LogP contribution in [0.1, 0.15) is 160 Å². The fourth-order valence-electron chi connectivity index (χ4n) is 17.7. The van der Waals surface area contributed by atoms with E-state index < -0.39 is 222 Å². The molecule has 0 radical (unpaired) electrons. The molecular weight excluding hydrogens is 1880 g/mol. The number of carbonyl (C=O) groups excluding carboxylic acids is 16. The van der Waals surface area contributed by atoms with Crippen LogP contribution < -0.4 is 92.1 Å². The molecule has 14 atom stereocenters. The summed E-state index contributed by atoms with van der Waals surface area (Å²) in [4.78, 5) is 245. The molecule has 0 bridgehead atoms. The lowest BCUT2D eigenvalue weighted by molar-refractivity contribution is -0.143. The number of benzene rings is 5. The van der Waals surface area contributed by atoms with Crippen molar-refractivity contribution in [3.05, 3.63) is 156 Å². The van der Waals surface area contributed by atoms with Gasteiger partial charge in [0, 0.05) is 122 Å². The zero-order valence-electron chi connectivity index (χ0n) is 81.6. The van der Waals surface area contributed by atoms with Crippen LogP contribution in [0.5, 0.6) is 5.75 Å². The molecule has 0 aliphatic carbocycles. The number of aromatic hydroxyl groups is 1. The number of fused-ring (bicyclic) bond motifs is 3. The Kier molecular flexibility index (Phi) is 41.5. The molecule has 44 nitrogen and oxygen atoms in total. The van der Waals surface area contributed by atoms with Crippen molar-refractivity contribution in [2.24, 2.45) is 40.7 Å². The van der Waals surface area contributed by atoms with Crippen molar-refractivity contribution in [2.45, 2.75) is 247 Å². The minimum Gasteiger partial charge on any atom is -0.508 e. The van der Waals surface area contributed by atoms with E-state index in [1.807, 2.05) is 42.5 Å². The lowest BCUT2D eigenvalue weighted by Crippen LogP contribution is -2.61. The third kappa shape index (κ3) is 32.0. The molecule has 5 heterocycles. The predicted molar refractivity (Wildman–Crippen MR) is 533 cm³/mol. The van der Waals surface area contributed by atoms with Gasteiger partial charge in [0.25, 0.3) is 10.1 Å². The largest absolute Gasteiger partial charge is 0.508 e. The standard InChI is InChI=1S/C99H135N23O21S/c1-7-57(6)86(97(138)119-77(46-58-29-31-62(124)32-30-58)92(133)113-72(37-43-123)88(129)106-40-39-105-70-25-14-21-66-65(70)20-15-28-82(66)144(141,142)143)120-96(137)81-27-17-42-122(81)99(140)74(34-36-84(103)126)111-85(127)53-109-95(136)80-26-16-41-121(80)98(139)73(24-12-13-38-100)114-91(132)76(45-56(4)5)116-89(130)71(33-35-83(102)125)112-90(131)75(44-55(2)3)117-93(134)78(48-60-51-108-69-23-11-9-19-64(60)69)118-94(135)79(49-61-52-104-54-110-61)115-87(128)67(101)47-59-50-107-68-22-10-8-18-63(59)68/h8-11,14-15,18-23,25,28-32,50-52,54-57,67,71-81,86,105,107-108,123-124H,7,12-13,16-17,24,26-27,33-49,53,100-101H2,1-6H3,(H2,102,125)(H2,103,126)(H,104,110)(H,106,129)(H,109,136)(H,111,127)(H,112,131)(H,113,133)(H,114,132)(H,115,128)(H,116,130)(H,117,134)(H,118,135)(H,119,138)(H,120,137)(H,141,142,143)/t57-,67-,71-,72?,73-,74-,75-,76-,77-,78-,79-,80-,81-,86-/m0/s1. The molecule has 0 saturated carbocycles. The molecule has 2 aliphatic rings. The first-order valence-corrected chi connectivity index (χ1v) is 50.1. The van der Waals surface area contributed by atoms with Crippen molar-refractivity contribution >= 4 is 143 Å². The number of para-hydroxylation sites is 2.